The van der Waals surface area contributed by atoms with Gasteiger partial charge in [0.15, 0.2) is 0 Å². The number of nitrogens with one attached hydrogen (secondary N) is 4. The minimum absolute atomic E-state index is 0.253. The van der Waals surface area contributed by atoms with E-state index in [0.29, 0.717) is 5.71 Å². The number of hydrogen-bond donors (Lipinski definition) is 4. The fraction of sp³-hybridized carbons (Fsp3) is 0.222. The molecule has 1 aliphatic heterocycles. The van der Waals surface area contributed by atoms with E-state index in [-0.39, 0.29) is 5.70 Å². The molecule has 16 heavy (non-hydrogen) atoms. The van der Waals surface area contributed by atoms with Crippen molar-refractivity contribution < 1.29 is 13.2 Å². The van der Waals surface area contributed by atoms with Crippen molar-refractivity contribution in [1.82, 2.24) is 16.2 Å². The molecule has 0 saturated carbocycles. The highest BCUT2D eigenvalue weighted by molar-refractivity contribution is 5.89. The fourth-order valence-electron chi connectivity index (χ4n) is 0.924. The number of hydrazine groups is 1. The normalized spacial score (nSPS) is 16.0. The maximum absolute atomic E-state index is 12.3. The standard InChI is InChI=1S/C9H11F3N4/c1-6(13)2-3-14-7-4-8(9(10,11)12)16-15-5-7/h2-5,13-16H,1H3/b3-2-,13-6?. The lowest BCUT2D eigenvalue weighted by Crippen LogP contribution is -2.37. The first-order valence-corrected chi connectivity index (χ1v) is 4.38. The molecule has 0 radical (unpaired) electrons. The van der Waals surface area contributed by atoms with Gasteiger partial charge in [-0.05, 0) is 19.1 Å². The van der Waals surface area contributed by atoms with Gasteiger partial charge in [0.1, 0.15) is 5.70 Å². The topological polar surface area (TPSA) is 59.9 Å². The highest BCUT2D eigenvalue weighted by Crippen LogP contribution is 2.24. The summed E-state index contributed by atoms with van der Waals surface area (Å²) in [5, 5.41) is 9.70. The lowest BCUT2D eigenvalue weighted by Gasteiger charge is -2.19. The van der Waals surface area contributed by atoms with Gasteiger partial charge in [0.2, 0.25) is 0 Å². The van der Waals surface area contributed by atoms with Gasteiger partial charge >= 0.3 is 6.18 Å². The Morgan fingerprint density at radius 3 is 2.75 bits per heavy atom. The van der Waals surface area contributed by atoms with E-state index in [1.54, 1.807) is 6.92 Å². The zero-order chi connectivity index (χ0) is 12.2. The largest absolute Gasteiger partial charge is 0.432 e. The highest BCUT2D eigenvalue weighted by atomic mass is 19.4. The molecular weight excluding hydrogens is 221 g/mol. The molecule has 1 rings (SSSR count). The maximum atomic E-state index is 12.3. The lowest BCUT2D eigenvalue weighted by atomic mass is 10.3. The molecule has 0 spiro atoms. The van der Waals surface area contributed by atoms with Crippen molar-refractivity contribution in [1.29, 1.82) is 5.41 Å². The van der Waals surface area contributed by atoms with Crippen LogP contribution in [-0.4, -0.2) is 11.9 Å². The predicted molar refractivity (Wildman–Crippen MR) is 54.2 cm³/mol. The minimum atomic E-state index is -4.42. The molecule has 0 aliphatic carbocycles. The molecule has 4 N–H and O–H groups in total. The van der Waals surface area contributed by atoms with Gasteiger partial charge in [-0.25, -0.2) is 0 Å². The first-order chi connectivity index (χ1) is 7.39. The van der Waals surface area contributed by atoms with Gasteiger partial charge in [0.05, 0.1) is 5.70 Å². The van der Waals surface area contributed by atoms with Crippen LogP contribution in [0.1, 0.15) is 6.92 Å². The van der Waals surface area contributed by atoms with Crippen molar-refractivity contribution in [3.63, 3.8) is 0 Å². The van der Waals surface area contributed by atoms with Crippen LogP contribution < -0.4 is 16.2 Å². The molecule has 7 heteroatoms. The van der Waals surface area contributed by atoms with E-state index in [0.717, 1.165) is 6.08 Å². The van der Waals surface area contributed by atoms with E-state index in [4.69, 9.17) is 5.41 Å². The minimum Gasteiger partial charge on any atom is -0.360 e. The summed E-state index contributed by atoms with van der Waals surface area (Å²) < 4.78 is 36.9. The number of allylic oxidation sites excluding steroid dienone is 3. The van der Waals surface area contributed by atoms with E-state index < -0.39 is 11.9 Å². The predicted octanol–water partition coefficient (Wildman–Crippen LogP) is 1.52. The molecule has 0 aromatic heterocycles. The van der Waals surface area contributed by atoms with Crippen LogP contribution in [0.25, 0.3) is 0 Å². The summed E-state index contributed by atoms with van der Waals surface area (Å²) in [6, 6.07) is 0. The molecule has 0 unspecified atom stereocenters. The second-order valence-electron chi connectivity index (χ2n) is 3.09. The van der Waals surface area contributed by atoms with E-state index in [1.165, 1.54) is 18.5 Å². The van der Waals surface area contributed by atoms with Crippen LogP contribution in [0, 0.1) is 5.41 Å². The van der Waals surface area contributed by atoms with Crippen LogP contribution >= 0.6 is 0 Å². The summed E-state index contributed by atoms with van der Waals surface area (Å²) in [5.41, 5.74) is 3.95. The summed E-state index contributed by atoms with van der Waals surface area (Å²) in [7, 11) is 0. The SMILES string of the molecule is CC(=N)/C=C\NC1=CNNC(C(F)(F)F)=C1. The van der Waals surface area contributed by atoms with E-state index in [9.17, 15) is 13.2 Å². The van der Waals surface area contributed by atoms with Gasteiger partial charge in [-0.2, -0.15) is 13.2 Å². The highest BCUT2D eigenvalue weighted by Gasteiger charge is 2.34. The number of alkyl halides is 3. The van der Waals surface area contributed by atoms with Gasteiger partial charge in [-0.15, -0.1) is 0 Å². The second kappa shape index (κ2) is 4.73. The quantitative estimate of drug-likeness (QED) is 0.558. The number of halogens is 3. The average Bonchev–Trinajstić information content (AvgIpc) is 2.16. The van der Waals surface area contributed by atoms with Crippen LogP contribution in [0.2, 0.25) is 0 Å². The van der Waals surface area contributed by atoms with Gasteiger partial charge < -0.3 is 16.2 Å². The van der Waals surface area contributed by atoms with Gasteiger partial charge in [0.25, 0.3) is 0 Å². The number of rotatable bonds is 3. The Bertz CT molecular complexity index is 365. The van der Waals surface area contributed by atoms with E-state index >= 15 is 0 Å². The third kappa shape index (κ3) is 3.68. The van der Waals surface area contributed by atoms with Crippen LogP contribution in [0.4, 0.5) is 13.2 Å². The molecule has 88 valence electrons. The molecule has 1 aliphatic rings. The van der Waals surface area contributed by atoms with Crippen molar-refractivity contribution in [3.8, 4) is 0 Å². The molecule has 0 amide bonds. The lowest BCUT2D eigenvalue weighted by molar-refractivity contribution is -0.0980. The first kappa shape index (κ1) is 12.2. The first-order valence-electron chi connectivity index (χ1n) is 4.38. The van der Waals surface area contributed by atoms with E-state index in [1.807, 2.05) is 5.43 Å². The van der Waals surface area contributed by atoms with Crippen molar-refractivity contribution in [2.75, 3.05) is 0 Å². The molecule has 0 saturated heterocycles. The van der Waals surface area contributed by atoms with Crippen molar-refractivity contribution >= 4 is 5.71 Å². The fourth-order valence-corrected chi connectivity index (χ4v) is 0.924. The molecule has 0 aromatic rings. The molecule has 0 atom stereocenters. The molecule has 0 bridgehead atoms. The third-order valence-electron chi connectivity index (χ3n) is 1.62. The van der Waals surface area contributed by atoms with Crippen LogP contribution in [0.5, 0.6) is 0 Å². The summed E-state index contributed by atoms with van der Waals surface area (Å²) in [4.78, 5) is 0. The maximum Gasteiger partial charge on any atom is 0.432 e. The van der Waals surface area contributed by atoms with E-state index in [2.05, 4.69) is 10.7 Å². The van der Waals surface area contributed by atoms with Crippen molar-refractivity contribution in [2.45, 2.75) is 13.1 Å². The van der Waals surface area contributed by atoms with Crippen LogP contribution in [-0.2, 0) is 0 Å². The Morgan fingerprint density at radius 1 is 1.50 bits per heavy atom. The van der Waals surface area contributed by atoms with Gasteiger partial charge in [-0.3, -0.25) is 5.43 Å². The zero-order valence-corrected chi connectivity index (χ0v) is 8.44. The van der Waals surface area contributed by atoms with Crippen LogP contribution in [0.15, 0.2) is 35.9 Å². The van der Waals surface area contributed by atoms with Crippen LogP contribution in [0.3, 0.4) is 0 Å². The number of hydrogen-bond acceptors (Lipinski definition) is 4. The third-order valence-corrected chi connectivity index (χ3v) is 1.62. The Kier molecular flexibility index (Phi) is 3.60. The smallest absolute Gasteiger partial charge is 0.360 e. The Hall–Kier alpha value is -1.92. The second-order valence-corrected chi connectivity index (χ2v) is 3.09. The summed E-state index contributed by atoms with van der Waals surface area (Å²) in [6.45, 7) is 1.56. The van der Waals surface area contributed by atoms with Crippen molar-refractivity contribution in [2.24, 2.45) is 0 Å². The Balaban J connectivity index is 2.66. The summed E-state index contributed by atoms with van der Waals surface area (Å²) in [5.74, 6) is 0. The molecular formula is C9H11F3N4. The summed E-state index contributed by atoms with van der Waals surface area (Å²) >= 11 is 0. The molecule has 0 aromatic carbocycles. The van der Waals surface area contributed by atoms with Crippen molar-refractivity contribution in [3.05, 3.63) is 35.9 Å². The Morgan fingerprint density at radius 2 is 2.19 bits per heavy atom. The van der Waals surface area contributed by atoms with Gasteiger partial charge in [0, 0.05) is 18.1 Å². The summed E-state index contributed by atoms with van der Waals surface area (Å²) in [6.07, 6.45) is 0.685. The Labute approximate surface area is 90.4 Å². The van der Waals surface area contributed by atoms with Gasteiger partial charge in [-0.1, -0.05) is 0 Å². The monoisotopic (exact) mass is 232 g/mol. The molecule has 0 fully saturated rings. The zero-order valence-electron chi connectivity index (χ0n) is 8.44. The molecule has 4 nitrogen and oxygen atoms in total. The molecule has 1 heterocycles. The average molecular weight is 232 g/mol.